The van der Waals surface area contributed by atoms with Gasteiger partial charge in [0.05, 0.1) is 6.61 Å². The summed E-state index contributed by atoms with van der Waals surface area (Å²) in [5.74, 6) is 2.33. The van der Waals surface area contributed by atoms with Crippen LogP contribution in [0.2, 0.25) is 0 Å². The Morgan fingerprint density at radius 3 is 3.14 bits per heavy atom. The van der Waals surface area contributed by atoms with Crippen LogP contribution in [0.1, 0.15) is 36.2 Å². The number of rotatable bonds is 4. The van der Waals surface area contributed by atoms with Crippen molar-refractivity contribution in [1.82, 2.24) is 15.5 Å². The monoisotopic (exact) mass is 351 g/mol. The quantitative estimate of drug-likeness (QED) is 0.916. The first kappa shape index (κ1) is 14.5. The van der Waals surface area contributed by atoms with E-state index in [2.05, 4.69) is 43.5 Å². The number of nitrogens with one attached hydrogen (secondary N) is 1. The van der Waals surface area contributed by atoms with Crippen LogP contribution in [0.5, 0.6) is 5.75 Å². The lowest BCUT2D eigenvalue weighted by molar-refractivity contribution is 0.315. The molecule has 1 aromatic heterocycles. The molecule has 0 saturated heterocycles. The van der Waals surface area contributed by atoms with Gasteiger partial charge in [-0.1, -0.05) is 27.2 Å². The van der Waals surface area contributed by atoms with Gasteiger partial charge in [0.15, 0.2) is 5.82 Å². The van der Waals surface area contributed by atoms with E-state index in [0.717, 1.165) is 48.5 Å². The van der Waals surface area contributed by atoms with Crippen LogP contribution in [0, 0.1) is 6.92 Å². The molecule has 0 fully saturated rings. The number of hydrogen-bond acceptors (Lipinski definition) is 5. The molecule has 0 amide bonds. The minimum Gasteiger partial charge on any atom is -0.493 e. The van der Waals surface area contributed by atoms with Crippen LogP contribution in [-0.2, 0) is 6.42 Å². The third-order valence-electron chi connectivity index (χ3n) is 3.55. The number of fused-ring (bicyclic) bond motifs is 1. The highest BCUT2D eigenvalue weighted by atomic mass is 79.9. The first-order valence-corrected chi connectivity index (χ1v) is 7.96. The van der Waals surface area contributed by atoms with E-state index in [9.17, 15) is 0 Å². The third-order valence-corrected chi connectivity index (χ3v) is 4.05. The molecule has 0 saturated carbocycles. The zero-order valence-corrected chi connectivity index (χ0v) is 13.5. The number of benzene rings is 1. The van der Waals surface area contributed by atoms with Crippen LogP contribution in [-0.4, -0.2) is 23.3 Å². The topological polar surface area (TPSA) is 60.2 Å². The Bertz CT molecular complexity index is 615. The summed E-state index contributed by atoms with van der Waals surface area (Å²) in [6.07, 6.45) is 2.88. The van der Waals surface area contributed by atoms with Gasteiger partial charge in [-0.15, -0.1) is 0 Å². The molecule has 0 aliphatic carbocycles. The largest absolute Gasteiger partial charge is 0.493 e. The van der Waals surface area contributed by atoms with Crippen molar-refractivity contribution in [3.63, 3.8) is 0 Å². The van der Waals surface area contributed by atoms with Gasteiger partial charge < -0.3 is 14.6 Å². The van der Waals surface area contributed by atoms with Crippen LogP contribution in [0.15, 0.2) is 27.2 Å². The standard InChI is InChI=1S/C15H18BrN3O2/c1-10-18-15(19-21-10)6-7-17-13-3-2-8-20-14-9-11(16)4-5-12(13)14/h4-5,9,13,17H,2-3,6-8H2,1H3. The van der Waals surface area contributed by atoms with Crippen LogP contribution in [0.3, 0.4) is 0 Å². The molecule has 1 atom stereocenters. The Balaban J connectivity index is 1.65. The third kappa shape index (κ3) is 3.63. The zero-order chi connectivity index (χ0) is 14.7. The fourth-order valence-electron chi connectivity index (χ4n) is 2.56. The van der Waals surface area contributed by atoms with Crippen molar-refractivity contribution >= 4 is 15.9 Å². The van der Waals surface area contributed by atoms with Crippen molar-refractivity contribution in [3.8, 4) is 5.75 Å². The second kappa shape index (κ2) is 6.58. The SMILES string of the molecule is Cc1nc(CCNC2CCCOc3cc(Br)ccc32)no1. The van der Waals surface area contributed by atoms with Crippen molar-refractivity contribution in [2.75, 3.05) is 13.2 Å². The van der Waals surface area contributed by atoms with Crippen molar-refractivity contribution in [1.29, 1.82) is 0 Å². The van der Waals surface area contributed by atoms with Crippen molar-refractivity contribution < 1.29 is 9.26 Å². The first-order chi connectivity index (χ1) is 10.2. The molecule has 6 heteroatoms. The van der Waals surface area contributed by atoms with E-state index in [1.807, 2.05) is 6.07 Å². The Kier molecular flexibility index (Phi) is 4.55. The second-order valence-electron chi connectivity index (χ2n) is 5.16. The highest BCUT2D eigenvalue weighted by Crippen LogP contribution is 2.33. The van der Waals surface area contributed by atoms with Crippen molar-refractivity contribution in [2.24, 2.45) is 0 Å². The minimum absolute atomic E-state index is 0.309. The average molecular weight is 352 g/mol. The summed E-state index contributed by atoms with van der Waals surface area (Å²) < 4.78 is 11.8. The number of aromatic nitrogens is 2. The molecule has 5 nitrogen and oxygen atoms in total. The maximum absolute atomic E-state index is 5.82. The normalized spacial score (nSPS) is 17.9. The highest BCUT2D eigenvalue weighted by Gasteiger charge is 2.19. The maximum Gasteiger partial charge on any atom is 0.223 e. The van der Waals surface area contributed by atoms with E-state index in [4.69, 9.17) is 9.26 Å². The van der Waals surface area contributed by atoms with Gasteiger partial charge in [-0.05, 0) is 25.0 Å². The Morgan fingerprint density at radius 1 is 1.43 bits per heavy atom. The number of aryl methyl sites for hydroxylation is 1. The Morgan fingerprint density at radius 2 is 2.33 bits per heavy atom. The van der Waals surface area contributed by atoms with Gasteiger partial charge in [-0.2, -0.15) is 4.98 Å². The number of halogens is 1. The molecule has 1 N–H and O–H groups in total. The Hall–Kier alpha value is -1.40. The lowest BCUT2D eigenvalue weighted by Crippen LogP contribution is -2.23. The van der Waals surface area contributed by atoms with E-state index in [1.54, 1.807) is 6.92 Å². The number of hydrogen-bond donors (Lipinski definition) is 1. The number of nitrogens with zero attached hydrogens (tertiary/aromatic N) is 2. The molecule has 0 radical (unpaired) electrons. The summed E-state index contributed by atoms with van der Waals surface area (Å²) in [5, 5.41) is 7.49. The second-order valence-corrected chi connectivity index (χ2v) is 6.07. The predicted molar refractivity (Wildman–Crippen MR) is 82.4 cm³/mol. The van der Waals surface area contributed by atoms with Crippen LogP contribution >= 0.6 is 15.9 Å². The molecule has 0 bridgehead atoms. The Labute approximate surface area is 132 Å². The fourth-order valence-corrected chi connectivity index (χ4v) is 2.90. The summed E-state index contributed by atoms with van der Waals surface area (Å²) in [7, 11) is 0. The molecule has 1 aliphatic heterocycles. The lowest BCUT2D eigenvalue weighted by atomic mass is 10.0. The molecular weight excluding hydrogens is 334 g/mol. The van der Waals surface area contributed by atoms with Crippen LogP contribution in [0.4, 0.5) is 0 Å². The van der Waals surface area contributed by atoms with Gasteiger partial charge >= 0.3 is 0 Å². The molecule has 1 unspecified atom stereocenters. The van der Waals surface area contributed by atoms with E-state index in [0.29, 0.717) is 11.9 Å². The molecule has 1 aromatic carbocycles. The van der Waals surface area contributed by atoms with Gasteiger partial charge in [0.1, 0.15) is 5.75 Å². The van der Waals surface area contributed by atoms with Crippen LogP contribution in [0.25, 0.3) is 0 Å². The van der Waals surface area contributed by atoms with E-state index in [1.165, 1.54) is 5.56 Å². The van der Waals surface area contributed by atoms with E-state index >= 15 is 0 Å². The molecule has 21 heavy (non-hydrogen) atoms. The smallest absolute Gasteiger partial charge is 0.223 e. The van der Waals surface area contributed by atoms with Gasteiger partial charge in [0, 0.05) is 36.0 Å². The van der Waals surface area contributed by atoms with Crippen LogP contribution < -0.4 is 10.1 Å². The van der Waals surface area contributed by atoms with Gasteiger partial charge in [0.25, 0.3) is 0 Å². The molecule has 112 valence electrons. The van der Waals surface area contributed by atoms with Gasteiger partial charge in [0.2, 0.25) is 5.89 Å². The molecular formula is C15H18BrN3O2. The molecule has 2 heterocycles. The molecule has 2 aromatic rings. The minimum atomic E-state index is 0.309. The molecule has 3 rings (SSSR count). The summed E-state index contributed by atoms with van der Waals surface area (Å²) in [6, 6.07) is 6.53. The van der Waals surface area contributed by atoms with Gasteiger partial charge in [-0.3, -0.25) is 0 Å². The van der Waals surface area contributed by atoms with Crippen molar-refractivity contribution in [3.05, 3.63) is 40.0 Å². The zero-order valence-electron chi connectivity index (χ0n) is 11.9. The highest BCUT2D eigenvalue weighted by molar-refractivity contribution is 9.10. The molecule has 0 spiro atoms. The lowest BCUT2D eigenvalue weighted by Gasteiger charge is -2.18. The van der Waals surface area contributed by atoms with E-state index < -0.39 is 0 Å². The summed E-state index contributed by atoms with van der Waals surface area (Å²) in [5.41, 5.74) is 1.22. The summed E-state index contributed by atoms with van der Waals surface area (Å²) in [4.78, 5) is 4.22. The van der Waals surface area contributed by atoms with Gasteiger partial charge in [-0.25, -0.2) is 0 Å². The fraction of sp³-hybridized carbons (Fsp3) is 0.467. The first-order valence-electron chi connectivity index (χ1n) is 7.17. The summed E-state index contributed by atoms with van der Waals surface area (Å²) >= 11 is 3.49. The van der Waals surface area contributed by atoms with Crippen molar-refractivity contribution in [2.45, 2.75) is 32.2 Å². The average Bonchev–Trinajstić information content (AvgIpc) is 2.77. The molecule has 1 aliphatic rings. The predicted octanol–water partition coefficient (Wildman–Crippen LogP) is 3.19. The van der Waals surface area contributed by atoms with E-state index in [-0.39, 0.29) is 0 Å². The summed E-state index contributed by atoms with van der Waals surface area (Å²) in [6.45, 7) is 3.39. The number of ether oxygens (including phenoxy) is 1. The maximum atomic E-state index is 5.82.